The van der Waals surface area contributed by atoms with Crippen LogP contribution in [0.3, 0.4) is 0 Å². The molecule has 1 aliphatic carbocycles. The summed E-state index contributed by atoms with van der Waals surface area (Å²) in [5, 5.41) is 11.8. The van der Waals surface area contributed by atoms with Crippen LogP contribution < -0.4 is 0 Å². The van der Waals surface area contributed by atoms with Crippen LogP contribution in [0.25, 0.3) is 10.8 Å². The van der Waals surface area contributed by atoms with E-state index in [-0.39, 0.29) is 12.0 Å². The van der Waals surface area contributed by atoms with E-state index in [9.17, 15) is 18.1 Å². The Balaban J connectivity index is 2.45. The maximum Gasteiger partial charge on any atom is 0.299 e. The molecule has 2 aromatic carbocycles. The Morgan fingerprint density at radius 2 is 1.76 bits per heavy atom. The Hall–Kier alpha value is -1.43. The summed E-state index contributed by atoms with van der Waals surface area (Å²) >= 11 is 0. The first-order valence-electron chi connectivity index (χ1n) is 5.14. The van der Waals surface area contributed by atoms with Gasteiger partial charge in [0, 0.05) is 12.0 Å². The zero-order valence-electron chi connectivity index (χ0n) is 8.79. The summed E-state index contributed by atoms with van der Waals surface area (Å²) in [5.74, 6) is 0. The Labute approximate surface area is 98.3 Å². The molecule has 17 heavy (non-hydrogen) atoms. The lowest BCUT2D eigenvalue weighted by Crippen LogP contribution is -2.34. The fourth-order valence-electron chi connectivity index (χ4n) is 2.48. The number of hydrogen-bond donors (Lipinski definition) is 2. The highest BCUT2D eigenvalue weighted by molar-refractivity contribution is 7.86. The normalized spacial score (nSPS) is 23.2. The molecule has 0 aliphatic heterocycles. The van der Waals surface area contributed by atoms with Gasteiger partial charge in [0.05, 0.1) is 0 Å². The van der Waals surface area contributed by atoms with Crippen LogP contribution in [0.2, 0.25) is 0 Å². The minimum absolute atomic E-state index is 0.109. The zero-order valence-corrected chi connectivity index (χ0v) is 9.61. The quantitative estimate of drug-likeness (QED) is 0.751. The molecule has 88 valence electrons. The van der Waals surface area contributed by atoms with Gasteiger partial charge in [-0.15, -0.1) is 0 Å². The molecule has 0 spiro atoms. The van der Waals surface area contributed by atoms with Crippen LogP contribution in [0.1, 0.15) is 11.1 Å². The lowest BCUT2D eigenvalue weighted by Gasteiger charge is -2.19. The van der Waals surface area contributed by atoms with Crippen LogP contribution >= 0.6 is 0 Å². The maximum absolute atomic E-state index is 11.4. The maximum atomic E-state index is 11.4. The van der Waals surface area contributed by atoms with Crippen molar-refractivity contribution in [1.29, 1.82) is 0 Å². The third-order valence-electron chi connectivity index (χ3n) is 3.27. The number of rotatable bonds is 1. The van der Waals surface area contributed by atoms with Gasteiger partial charge in [-0.2, -0.15) is 8.42 Å². The molecule has 0 bridgehead atoms. The summed E-state index contributed by atoms with van der Waals surface area (Å²) in [4.78, 5) is -2.21. The predicted molar refractivity (Wildman–Crippen MR) is 63.1 cm³/mol. The molecule has 1 aliphatic rings. The highest BCUT2D eigenvalue weighted by Gasteiger charge is 2.48. The van der Waals surface area contributed by atoms with Crippen LogP contribution in [0.4, 0.5) is 0 Å². The fourth-order valence-corrected chi connectivity index (χ4v) is 3.26. The molecule has 0 radical (unpaired) electrons. The van der Waals surface area contributed by atoms with Gasteiger partial charge in [0.2, 0.25) is 4.93 Å². The van der Waals surface area contributed by atoms with Crippen LogP contribution in [0.15, 0.2) is 36.4 Å². The average molecular weight is 250 g/mol. The number of hydrogen-bond acceptors (Lipinski definition) is 3. The van der Waals surface area contributed by atoms with Crippen molar-refractivity contribution in [3.8, 4) is 0 Å². The molecule has 0 saturated heterocycles. The smallest absolute Gasteiger partial charge is 0.299 e. The molecule has 0 amide bonds. The van der Waals surface area contributed by atoms with Gasteiger partial charge in [0.25, 0.3) is 10.1 Å². The summed E-state index contributed by atoms with van der Waals surface area (Å²) < 4.78 is 32.0. The van der Waals surface area contributed by atoms with Crippen LogP contribution in [0.5, 0.6) is 0 Å². The number of aliphatic hydroxyl groups is 1. The second kappa shape index (κ2) is 3.07. The summed E-state index contributed by atoms with van der Waals surface area (Å²) in [6.45, 7) is 0. The Bertz CT molecular complexity index is 715. The summed E-state index contributed by atoms with van der Waals surface area (Å²) in [6.07, 6.45) is -0.109. The van der Waals surface area contributed by atoms with Crippen molar-refractivity contribution >= 4 is 20.9 Å². The second-order valence-electron chi connectivity index (χ2n) is 4.26. The minimum atomic E-state index is -4.56. The molecular weight excluding hydrogens is 240 g/mol. The third-order valence-corrected chi connectivity index (χ3v) is 4.49. The van der Waals surface area contributed by atoms with E-state index >= 15 is 0 Å². The zero-order chi connectivity index (χ0) is 12.3. The summed E-state index contributed by atoms with van der Waals surface area (Å²) in [7, 11) is -4.56. The van der Waals surface area contributed by atoms with E-state index in [0.717, 1.165) is 16.3 Å². The van der Waals surface area contributed by atoms with E-state index in [1.165, 1.54) is 6.07 Å². The first-order chi connectivity index (χ1) is 7.93. The van der Waals surface area contributed by atoms with E-state index in [1.807, 2.05) is 12.1 Å². The van der Waals surface area contributed by atoms with Crippen molar-refractivity contribution in [2.75, 3.05) is 0 Å². The van der Waals surface area contributed by atoms with Crippen molar-refractivity contribution in [3.63, 3.8) is 0 Å². The molecule has 0 aromatic heterocycles. The molecule has 0 heterocycles. The van der Waals surface area contributed by atoms with Gasteiger partial charge in [-0.25, -0.2) is 0 Å². The molecule has 2 aromatic rings. The first kappa shape index (κ1) is 10.7. The van der Waals surface area contributed by atoms with Gasteiger partial charge < -0.3 is 5.11 Å². The van der Waals surface area contributed by atoms with E-state index in [4.69, 9.17) is 0 Å². The Morgan fingerprint density at radius 3 is 2.41 bits per heavy atom. The summed E-state index contributed by atoms with van der Waals surface area (Å²) in [6, 6.07) is 10.5. The molecule has 5 heteroatoms. The van der Waals surface area contributed by atoms with Crippen molar-refractivity contribution in [2.45, 2.75) is 11.4 Å². The molecule has 0 saturated carbocycles. The Kier molecular flexibility index (Phi) is 1.93. The SMILES string of the molecule is O=S(=O)(O)C1(O)Cc2cccc3cccc1c23. The van der Waals surface area contributed by atoms with Crippen molar-refractivity contribution < 1.29 is 18.1 Å². The first-order valence-corrected chi connectivity index (χ1v) is 6.58. The van der Waals surface area contributed by atoms with Crippen LogP contribution in [0, 0.1) is 0 Å². The molecular formula is C12H10O4S. The molecule has 1 atom stereocenters. The monoisotopic (exact) mass is 250 g/mol. The van der Waals surface area contributed by atoms with Crippen molar-refractivity contribution in [3.05, 3.63) is 47.5 Å². The second-order valence-corrected chi connectivity index (χ2v) is 5.88. The van der Waals surface area contributed by atoms with E-state index < -0.39 is 15.1 Å². The van der Waals surface area contributed by atoms with Gasteiger partial charge in [-0.3, -0.25) is 4.55 Å². The van der Waals surface area contributed by atoms with Gasteiger partial charge in [-0.05, 0) is 16.3 Å². The molecule has 3 rings (SSSR count). The lowest BCUT2D eigenvalue weighted by atomic mass is 10.1. The van der Waals surface area contributed by atoms with E-state index in [2.05, 4.69) is 0 Å². The summed E-state index contributed by atoms with van der Waals surface area (Å²) in [5.41, 5.74) is 0.992. The Morgan fingerprint density at radius 1 is 1.12 bits per heavy atom. The van der Waals surface area contributed by atoms with Crippen molar-refractivity contribution in [2.24, 2.45) is 0 Å². The minimum Gasteiger partial charge on any atom is -0.369 e. The van der Waals surface area contributed by atoms with E-state index in [1.54, 1.807) is 18.2 Å². The largest absolute Gasteiger partial charge is 0.369 e. The van der Waals surface area contributed by atoms with Crippen LogP contribution in [-0.4, -0.2) is 18.1 Å². The molecule has 4 nitrogen and oxygen atoms in total. The fraction of sp³-hybridized carbons (Fsp3) is 0.167. The van der Waals surface area contributed by atoms with Gasteiger partial charge >= 0.3 is 0 Å². The molecule has 0 fully saturated rings. The van der Waals surface area contributed by atoms with Gasteiger partial charge in [-0.1, -0.05) is 36.4 Å². The molecule has 1 unspecified atom stereocenters. The highest BCUT2D eigenvalue weighted by atomic mass is 32.2. The number of benzene rings is 2. The highest BCUT2D eigenvalue weighted by Crippen LogP contribution is 2.43. The van der Waals surface area contributed by atoms with Gasteiger partial charge in [0.1, 0.15) is 0 Å². The average Bonchev–Trinajstić information content (AvgIpc) is 2.56. The molecule has 2 N–H and O–H groups in total. The van der Waals surface area contributed by atoms with E-state index in [0.29, 0.717) is 0 Å². The van der Waals surface area contributed by atoms with Crippen molar-refractivity contribution in [1.82, 2.24) is 0 Å². The standard InChI is InChI=1S/C12H10O4S/c13-12(17(14,15)16)7-9-5-1-3-8-4-2-6-10(12)11(8)9/h1-6,13H,7H2,(H,14,15,16). The lowest BCUT2D eigenvalue weighted by molar-refractivity contribution is 0.119. The van der Waals surface area contributed by atoms with Crippen LogP contribution in [-0.2, 0) is 21.5 Å². The predicted octanol–water partition coefficient (Wildman–Crippen LogP) is 1.43. The van der Waals surface area contributed by atoms with Gasteiger partial charge in [0.15, 0.2) is 0 Å². The third kappa shape index (κ3) is 1.27. The topological polar surface area (TPSA) is 74.6 Å².